The Kier molecular flexibility index (Phi) is 12.0. The van der Waals surface area contributed by atoms with Gasteiger partial charge in [0.15, 0.2) is 0 Å². The van der Waals surface area contributed by atoms with Gasteiger partial charge in [0.1, 0.15) is 23.0 Å². The van der Waals surface area contributed by atoms with Crippen LogP contribution in [0, 0.1) is 5.41 Å². The fourth-order valence-electron chi connectivity index (χ4n) is 3.73. The van der Waals surface area contributed by atoms with Gasteiger partial charge in [0, 0.05) is 12.0 Å². The van der Waals surface area contributed by atoms with Crippen LogP contribution < -0.4 is 9.47 Å². The molecule has 1 fully saturated rings. The molecule has 0 radical (unpaired) electrons. The lowest BCUT2D eigenvalue weighted by Crippen LogP contribution is -2.43. The average molecular weight is 551 g/mol. The molecule has 3 rings (SSSR count). The second-order valence-electron chi connectivity index (χ2n) is 9.92. The maximum atomic E-state index is 12.4. The molecule has 214 valence electrons. The van der Waals surface area contributed by atoms with E-state index >= 15 is 0 Å². The van der Waals surface area contributed by atoms with Gasteiger partial charge in [-0.25, -0.2) is 9.59 Å². The topological polar surface area (TPSA) is 89.5 Å². The molecule has 0 unspecified atom stereocenters. The Balaban J connectivity index is 1.28. The van der Waals surface area contributed by atoms with Gasteiger partial charge in [-0.05, 0) is 79.9 Å². The summed E-state index contributed by atoms with van der Waals surface area (Å²) >= 11 is 0. The van der Waals surface area contributed by atoms with Crippen LogP contribution in [0.2, 0.25) is 0 Å². The fraction of sp³-hybridized carbons (Fsp3) is 0.375. The van der Waals surface area contributed by atoms with Crippen molar-refractivity contribution in [2.45, 2.75) is 32.6 Å². The van der Waals surface area contributed by atoms with Crippen LogP contribution >= 0.6 is 0 Å². The first kappa shape index (κ1) is 30.7. The summed E-state index contributed by atoms with van der Waals surface area (Å²) in [6.45, 7) is 13.3. The molecule has 0 aromatic heterocycles. The summed E-state index contributed by atoms with van der Waals surface area (Å²) in [5.74, 6) is 0.319. The van der Waals surface area contributed by atoms with Crippen LogP contribution in [0.5, 0.6) is 11.5 Å². The minimum absolute atomic E-state index is 0.0711. The molecule has 0 aliphatic carbocycles. The maximum absolute atomic E-state index is 12.4. The number of rotatable bonds is 17. The van der Waals surface area contributed by atoms with Crippen LogP contribution in [0.3, 0.4) is 0 Å². The van der Waals surface area contributed by atoms with Gasteiger partial charge in [0.25, 0.3) is 0 Å². The predicted octanol–water partition coefficient (Wildman–Crippen LogP) is 6.28. The number of methoxy groups -OCH3 is 1. The Hall–Kier alpha value is -3.88. The first-order valence-electron chi connectivity index (χ1n) is 13.3. The van der Waals surface area contributed by atoms with Crippen molar-refractivity contribution >= 4 is 11.9 Å². The second-order valence-corrected chi connectivity index (χ2v) is 9.92. The van der Waals surface area contributed by atoms with Crippen molar-refractivity contribution in [3.63, 3.8) is 0 Å². The van der Waals surface area contributed by atoms with E-state index < -0.39 is 11.9 Å². The molecule has 0 atom stereocenters. The monoisotopic (exact) mass is 550 g/mol. The molecule has 0 saturated carbocycles. The number of benzene rings is 2. The number of ether oxygens (including phenoxy) is 6. The van der Waals surface area contributed by atoms with E-state index in [-0.39, 0.29) is 16.9 Å². The normalized spacial score (nSPS) is 13.8. The minimum Gasteiger partial charge on any atom is -0.497 e. The molecule has 1 saturated heterocycles. The Morgan fingerprint density at radius 2 is 1.30 bits per heavy atom. The first-order valence-corrected chi connectivity index (χ1v) is 13.3. The SMILES string of the molecule is C=C(/C=C\C(=C)OC(=O)c1ccc(OCCCCCCOCC2(C)COC2)cc1)OC(=O)c1ccc(OC)cc1. The van der Waals surface area contributed by atoms with E-state index in [1.807, 2.05) is 0 Å². The molecule has 1 heterocycles. The number of carbonyl (C=O) groups is 2. The van der Waals surface area contributed by atoms with E-state index in [4.69, 9.17) is 28.4 Å². The van der Waals surface area contributed by atoms with E-state index in [0.29, 0.717) is 29.2 Å². The molecule has 1 aliphatic heterocycles. The molecule has 0 amide bonds. The molecule has 0 spiro atoms. The number of esters is 2. The molecule has 8 nitrogen and oxygen atoms in total. The van der Waals surface area contributed by atoms with Gasteiger partial charge in [-0.2, -0.15) is 0 Å². The lowest BCUT2D eigenvalue weighted by molar-refractivity contribution is -0.137. The van der Waals surface area contributed by atoms with E-state index in [2.05, 4.69) is 20.1 Å². The summed E-state index contributed by atoms with van der Waals surface area (Å²) in [5.41, 5.74) is 0.908. The van der Waals surface area contributed by atoms with Crippen molar-refractivity contribution in [3.05, 3.63) is 96.5 Å². The van der Waals surface area contributed by atoms with E-state index in [9.17, 15) is 9.59 Å². The van der Waals surface area contributed by atoms with Gasteiger partial charge in [-0.15, -0.1) is 0 Å². The second kappa shape index (κ2) is 15.6. The molecule has 0 bridgehead atoms. The molecule has 2 aromatic rings. The summed E-state index contributed by atoms with van der Waals surface area (Å²) < 4.78 is 32.3. The predicted molar refractivity (Wildman–Crippen MR) is 151 cm³/mol. The minimum atomic E-state index is -0.572. The highest BCUT2D eigenvalue weighted by atomic mass is 16.5. The Morgan fingerprint density at radius 3 is 1.77 bits per heavy atom. The summed E-state index contributed by atoms with van der Waals surface area (Å²) in [7, 11) is 1.54. The molecular formula is C32H38O8. The van der Waals surface area contributed by atoms with E-state index in [0.717, 1.165) is 52.1 Å². The standard InChI is InChI=1S/C32H38O8/c1-24(39-30(33)26-11-15-28(35-4)16-12-26)9-10-25(2)40-31(34)27-13-17-29(18-14-27)38-20-8-6-5-7-19-36-21-32(3)22-37-23-32/h9-18H,1-2,5-8,19-23H2,3-4H3/b10-9-. The van der Waals surface area contributed by atoms with E-state index in [1.54, 1.807) is 55.6 Å². The highest BCUT2D eigenvalue weighted by Gasteiger charge is 2.33. The molecule has 40 heavy (non-hydrogen) atoms. The average Bonchev–Trinajstić information content (AvgIpc) is 2.94. The van der Waals surface area contributed by atoms with Crippen LogP contribution in [0.25, 0.3) is 0 Å². The molecular weight excluding hydrogens is 512 g/mol. The van der Waals surface area contributed by atoms with Gasteiger partial charge in [-0.3, -0.25) is 0 Å². The quantitative estimate of drug-likeness (QED) is 0.0983. The van der Waals surface area contributed by atoms with Gasteiger partial charge < -0.3 is 28.4 Å². The zero-order valence-corrected chi connectivity index (χ0v) is 23.3. The van der Waals surface area contributed by atoms with Crippen LogP contribution in [0.1, 0.15) is 53.3 Å². The Labute approximate surface area is 236 Å². The lowest BCUT2D eigenvalue weighted by Gasteiger charge is -2.37. The lowest BCUT2D eigenvalue weighted by atomic mass is 9.90. The number of carbonyl (C=O) groups excluding carboxylic acids is 2. The summed E-state index contributed by atoms with van der Waals surface area (Å²) in [6.07, 6.45) is 6.94. The van der Waals surface area contributed by atoms with Crippen molar-refractivity contribution in [2.24, 2.45) is 5.41 Å². The third-order valence-corrected chi connectivity index (χ3v) is 6.12. The molecule has 1 aliphatic rings. The summed E-state index contributed by atoms with van der Waals surface area (Å²) in [5, 5.41) is 0. The Bertz CT molecular complexity index is 1160. The van der Waals surface area contributed by atoms with Gasteiger partial charge in [-0.1, -0.05) is 26.5 Å². The van der Waals surface area contributed by atoms with Gasteiger partial charge in [0.05, 0.1) is 44.7 Å². The highest BCUT2D eigenvalue weighted by Crippen LogP contribution is 2.26. The smallest absolute Gasteiger partial charge is 0.343 e. The number of hydrogen-bond acceptors (Lipinski definition) is 8. The molecule has 0 N–H and O–H groups in total. The Morgan fingerprint density at radius 1 is 0.800 bits per heavy atom. The highest BCUT2D eigenvalue weighted by molar-refractivity contribution is 5.91. The third kappa shape index (κ3) is 10.4. The fourth-order valence-corrected chi connectivity index (χ4v) is 3.73. The third-order valence-electron chi connectivity index (χ3n) is 6.12. The number of unbranched alkanes of at least 4 members (excludes halogenated alkanes) is 3. The van der Waals surface area contributed by atoms with Gasteiger partial charge >= 0.3 is 11.9 Å². The molecule has 8 heteroatoms. The first-order chi connectivity index (χ1) is 19.3. The van der Waals surface area contributed by atoms with Crippen molar-refractivity contribution in [1.82, 2.24) is 0 Å². The van der Waals surface area contributed by atoms with Crippen molar-refractivity contribution in [3.8, 4) is 11.5 Å². The maximum Gasteiger partial charge on any atom is 0.343 e. The van der Waals surface area contributed by atoms with Crippen LogP contribution in [-0.4, -0.2) is 52.1 Å². The van der Waals surface area contributed by atoms with E-state index in [1.165, 1.54) is 12.2 Å². The number of hydrogen-bond donors (Lipinski definition) is 0. The van der Waals surface area contributed by atoms with Gasteiger partial charge in [0.2, 0.25) is 0 Å². The summed E-state index contributed by atoms with van der Waals surface area (Å²) in [6, 6.07) is 13.2. The van der Waals surface area contributed by atoms with Crippen LogP contribution in [0.4, 0.5) is 0 Å². The molecule has 2 aromatic carbocycles. The van der Waals surface area contributed by atoms with Crippen molar-refractivity contribution in [1.29, 1.82) is 0 Å². The zero-order valence-electron chi connectivity index (χ0n) is 23.3. The zero-order chi connectivity index (χ0) is 28.8. The number of allylic oxidation sites excluding steroid dienone is 2. The van der Waals surface area contributed by atoms with Crippen LogP contribution in [0.15, 0.2) is 85.4 Å². The van der Waals surface area contributed by atoms with Crippen LogP contribution in [-0.2, 0) is 18.9 Å². The largest absolute Gasteiger partial charge is 0.497 e. The summed E-state index contributed by atoms with van der Waals surface area (Å²) in [4.78, 5) is 24.6. The van der Waals surface area contributed by atoms with Crippen molar-refractivity contribution < 1.29 is 38.0 Å². The van der Waals surface area contributed by atoms with Crippen molar-refractivity contribution in [2.75, 3.05) is 40.1 Å².